The summed E-state index contributed by atoms with van der Waals surface area (Å²) in [4.78, 5) is 11.8. The molecule has 0 saturated heterocycles. The Balaban J connectivity index is 1.51. The lowest BCUT2D eigenvalue weighted by Gasteiger charge is -2.07. The van der Waals surface area contributed by atoms with Gasteiger partial charge in [-0.2, -0.15) is 0 Å². The molecule has 0 aliphatic rings. The molecule has 128 valence electrons. The van der Waals surface area contributed by atoms with Crippen LogP contribution in [0.3, 0.4) is 0 Å². The summed E-state index contributed by atoms with van der Waals surface area (Å²) in [6.45, 7) is -0.0568. The molecule has 0 aliphatic carbocycles. The van der Waals surface area contributed by atoms with Crippen LogP contribution in [0, 0.1) is 5.82 Å². The number of nitrogens with one attached hydrogen (secondary N) is 1. The largest absolute Gasteiger partial charge is 0.481 e. The topological polar surface area (TPSA) is 51.5 Å². The lowest BCUT2D eigenvalue weighted by atomic mass is 10.2. The molecule has 0 unspecified atom stereocenters. The molecule has 0 spiro atoms. The maximum Gasteiger partial charge on any atom is 0.258 e. The number of halogens is 2. The van der Waals surface area contributed by atoms with Crippen molar-refractivity contribution in [3.05, 3.63) is 77.3 Å². The van der Waals surface area contributed by atoms with Gasteiger partial charge >= 0.3 is 0 Å². The molecule has 0 radical (unpaired) electrons. The molecular weight excluding hydrogens is 345 g/mol. The fraction of sp³-hybridized carbons (Fsp3) is 0.105. The quantitative estimate of drug-likeness (QED) is 0.708. The highest BCUT2D eigenvalue weighted by atomic mass is 35.5. The maximum absolute atomic E-state index is 13.4. The van der Waals surface area contributed by atoms with Crippen molar-refractivity contribution in [3.63, 3.8) is 0 Å². The zero-order valence-corrected chi connectivity index (χ0v) is 13.9. The van der Waals surface area contributed by atoms with Crippen molar-refractivity contribution in [1.29, 1.82) is 0 Å². The Kier molecular flexibility index (Phi) is 5.36. The van der Waals surface area contributed by atoms with E-state index in [1.54, 1.807) is 30.3 Å². The molecule has 6 heteroatoms. The van der Waals surface area contributed by atoms with Gasteiger partial charge < -0.3 is 14.5 Å². The van der Waals surface area contributed by atoms with Crippen molar-refractivity contribution in [2.45, 2.75) is 6.54 Å². The number of carbonyl (C=O) groups excluding carboxylic acids is 1. The Morgan fingerprint density at radius 1 is 1.08 bits per heavy atom. The highest BCUT2D eigenvalue weighted by Crippen LogP contribution is 2.23. The van der Waals surface area contributed by atoms with E-state index in [2.05, 4.69) is 5.32 Å². The molecule has 1 N–H and O–H groups in total. The fourth-order valence-corrected chi connectivity index (χ4v) is 2.31. The third-order valence-electron chi connectivity index (χ3n) is 3.45. The Bertz CT molecular complexity index is 861. The fourth-order valence-electron chi connectivity index (χ4n) is 2.18. The number of rotatable bonds is 6. The Morgan fingerprint density at radius 3 is 2.60 bits per heavy atom. The highest BCUT2D eigenvalue weighted by Gasteiger charge is 2.09. The molecule has 0 atom stereocenters. The molecule has 0 aliphatic heterocycles. The minimum Gasteiger partial charge on any atom is -0.481 e. The van der Waals surface area contributed by atoms with Gasteiger partial charge in [0.15, 0.2) is 18.2 Å². The van der Waals surface area contributed by atoms with Crippen LogP contribution in [0.15, 0.2) is 65.1 Å². The van der Waals surface area contributed by atoms with E-state index in [-0.39, 0.29) is 24.8 Å². The van der Waals surface area contributed by atoms with Crippen LogP contribution in [0.1, 0.15) is 5.76 Å². The van der Waals surface area contributed by atoms with E-state index in [1.165, 1.54) is 12.1 Å². The average molecular weight is 360 g/mol. The van der Waals surface area contributed by atoms with Gasteiger partial charge in [-0.3, -0.25) is 4.79 Å². The molecule has 25 heavy (non-hydrogen) atoms. The van der Waals surface area contributed by atoms with Crippen molar-refractivity contribution < 1.29 is 18.3 Å². The zero-order valence-electron chi connectivity index (χ0n) is 13.2. The summed E-state index contributed by atoms with van der Waals surface area (Å²) >= 11 is 5.86. The zero-order chi connectivity index (χ0) is 17.6. The second kappa shape index (κ2) is 7.85. The van der Waals surface area contributed by atoms with Crippen LogP contribution in [0.5, 0.6) is 5.75 Å². The minimum atomic E-state index is -0.506. The SMILES string of the molecule is O=C(COc1ccccc1F)NCc1ccc(-c2ccc(Cl)cc2)o1. The van der Waals surface area contributed by atoms with Crippen LogP contribution in [-0.2, 0) is 11.3 Å². The Morgan fingerprint density at radius 2 is 1.84 bits per heavy atom. The highest BCUT2D eigenvalue weighted by molar-refractivity contribution is 6.30. The molecule has 1 heterocycles. The minimum absolute atomic E-state index is 0.0423. The monoisotopic (exact) mass is 359 g/mol. The van der Waals surface area contributed by atoms with E-state index < -0.39 is 5.82 Å². The predicted octanol–water partition coefficient (Wildman–Crippen LogP) is 4.43. The lowest BCUT2D eigenvalue weighted by molar-refractivity contribution is -0.123. The number of amides is 1. The van der Waals surface area contributed by atoms with Gasteiger partial charge in [-0.1, -0.05) is 23.7 Å². The molecule has 0 saturated carbocycles. The van der Waals surface area contributed by atoms with Crippen molar-refractivity contribution in [3.8, 4) is 17.1 Å². The van der Waals surface area contributed by atoms with E-state index >= 15 is 0 Å². The summed E-state index contributed by atoms with van der Waals surface area (Å²) < 4.78 is 24.2. The van der Waals surface area contributed by atoms with Gasteiger partial charge in [-0.25, -0.2) is 4.39 Å². The number of hydrogen-bond acceptors (Lipinski definition) is 3. The molecule has 2 aromatic carbocycles. The summed E-state index contributed by atoms with van der Waals surface area (Å²) in [6, 6.07) is 16.8. The van der Waals surface area contributed by atoms with Gasteiger partial charge in [-0.15, -0.1) is 0 Å². The molecule has 3 aromatic rings. The van der Waals surface area contributed by atoms with Gasteiger partial charge in [-0.05, 0) is 48.5 Å². The number of hydrogen-bond donors (Lipinski definition) is 1. The summed E-state index contributed by atoms with van der Waals surface area (Å²) in [7, 11) is 0. The smallest absolute Gasteiger partial charge is 0.258 e. The first-order valence-corrected chi connectivity index (χ1v) is 7.98. The molecule has 1 amide bonds. The third-order valence-corrected chi connectivity index (χ3v) is 3.70. The first-order chi connectivity index (χ1) is 12.1. The third kappa shape index (κ3) is 4.61. The van der Waals surface area contributed by atoms with Crippen LogP contribution in [-0.4, -0.2) is 12.5 Å². The standard InChI is InChI=1S/C19H15ClFNO3/c20-14-7-5-13(6-8-14)17-10-9-15(25-17)11-22-19(23)12-24-18-4-2-1-3-16(18)21/h1-10H,11-12H2,(H,22,23). The predicted molar refractivity (Wildman–Crippen MR) is 92.9 cm³/mol. The van der Waals surface area contributed by atoms with Crippen LogP contribution < -0.4 is 10.1 Å². The van der Waals surface area contributed by atoms with Crippen molar-refractivity contribution in [1.82, 2.24) is 5.32 Å². The van der Waals surface area contributed by atoms with Crippen LogP contribution in [0.25, 0.3) is 11.3 Å². The van der Waals surface area contributed by atoms with Crippen molar-refractivity contribution in [2.24, 2.45) is 0 Å². The molecule has 0 bridgehead atoms. The molecule has 4 nitrogen and oxygen atoms in total. The average Bonchev–Trinajstić information content (AvgIpc) is 3.09. The van der Waals surface area contributed by atoms with Crippen LogP contribution in [0.4, 0.5) is 4.39 Å². The van der Waals surface area contributed by atoms with E-state index in [0.717, 1.165) is 5.56 Å². The molecule has 0 fully saturated rings. The number of carbonyl (C=O) groups is 1. The summed E-state index contributed by atoms with van der Waals surface area (Å²) in [5, 5.41) is 3.31. The summed E-state index contributed by atoms with van der Waals surface area (Å²) in [5.74, 6) is 0.454. The summed E-state index contributed by atoms with van der Waals surface area (Å²) in [5.41, 5.74) is 0.893. The van der Waals surface area contributed by atoms with Crippen LogP contribution >= 0.6 is 11.6 Å². The number of para-hydroxylation sites is 1. The molecular formula is C19H15ClFNO3. The van der Waals surface area contributed by atoms with Gasteiger partial charge in [0.1, 0.15) is 11.5 Å². The number of benzene rings is 2. The first kappa shape index (κ1) is 17.0. The first-order valence-electron chi connectivity index (χ1n) is 7.60. The van der Waals surface area contributed by atoms with Crippen molar-refractivity contribution >= 4 is 17.5 Å². The number of ether oxygens (including phenoxy) is 1. The van der Waals surface area contributed by atoms with Gasteiger partial charge in [0.05, 0.1) is 6.54 Å². The van der Waals surface area contributed by atoms with Gasteiger partial charge in [0.2, 0.25) is 0 Å². The lowest BCUT2D eigenvalue weighted by Crippen LogP contribution is -2.28. The second-order valence-electron chi connectivity index (χ2n) is 5.27. The van der Waals surface area contributed by atoms with Gasteiger partial charge in [0.25, 0.3) is 5.91 Å². The summed E-state index contributed by atoms with van der Waals surface area (Å²) in [6.07, 6.45) is 0. The maximum atomic E-state index is 13.4. The van der Waals surface area contributed by atoms with Gasteiger partial charge in [0, 0.05) is 10.6 Å². The molecule has 3 rings (SSSR count). The number of furan rings is 1. The second-order valence-corrected chi connectivity index (χ2v) is 5.71. The van der Waals surface area contributed by atoms with E-state index in [4.69, 9.17) is 20.8 Å². The van der Waals surface area contributed by atoms with Crippen molar-refractivity contribution in [2.75, 3.05) is 6.61 Å². The van der Waals surface area contributed by atoms with E-state index in [9.17, 15) is 9.18 Å². The Hall–Kier alpha value is -2.79. The van der Waals surface area contributed by atoms with Crippen LogP contribution in [0.2, 0.25) is 5.02 Å². The van der Waals surface area contributed by atoms with E-state index in [1.807, 2.05) is 18.2 Å². The normalized spacial score (nSPS) is 10.5. The van der Waals surface area contributed by atoms with E-state index in [0.29, 0.717) is 16.5 Å². The molecule has 1 aromatic heterocycles. The Labute approximate surface area is 149 Å².